The maximum atomic E-state index is 5.38. The van der Waals surface area contributed by atoms with Crippen LogP contribution in [0.3, 0.4) is 0 Å². The Bertz CT molecular complexity index is 260. The van der Waals surface area contributed by atoms with Crippen LogP contribution in [0.2, 0.25) is 0 Å². The topological polar surface area (TPSA) is 0 Å². The molecule has 1 heteroatoms. The van der Waals surface area contributed by atoms with Crippen LogP contribution in [0.25, 0.3) is 12.2 Å². The van der Waals surface area contributed by atoms with E-state index < -0.39 is 0 Å². The first-order valence-electron chi connectivity index (χ1n) is 5.21. The average Bonchev–Trinajstić information content (AvgIpc) is 2.18. The average molecular weight is 209 g/mol. The first-order chi connectivity index (χ1) is 6.88. The molecule has 0 saturated heterocycles. The fourth-order valence-corrected chi connectivity index (χ4v) is 1.43. The van der Waals surface area contributed by atoms with Gasteiger partial charge in [-0.2, -0.15) is 0 Å². The van der Waals surface area contributed by atoms with Crippen molar-refractivity contribution in [1.82, 2.24) is 0 Å². The van der Waals surface area contributed by atoms with Crippen molar-refractivity contribution in [3.05, 3.63) is 35.4 Å². The predicted octanol–water partition coefficient (Wildman–Crippen LogP) is 4.59. The Labute approximate surface area is 91.6 Å². The van der Waals surface area contributed by atoms with Crippen LogP contribution in [0.15, 0.2) is 24.3 Å². The molecule has 0 radical (unpaired) electrons. The standard InChI is InChI=1S/C8H6.C5H11Cl/c1-2-4-8-6-5-7(8)3-1;1-2-3-4-5-6/h1-6H;2-5H2,1H3. The van der Waals surface area contributed by atoms with Gasteiger partial charge in [0.05, 0.1) is 0 Å². The lowest BCUT2D eigenvalue weighted by Crippen LogP contribution is -1.85. The van der Waals surface area contributed by atoms with Crippen LogP contribution in [0.4, 0.5) is 0 Å². The second-order valence-electron chi connectivity index (χ2n) is 3.36. The molecule has 0 N–H and O–H groups in total. The summed E-state index contributed by atoms with van der Waals surface area (Å²) in [6, 6.07) is 8.36. The maximum absolute atomic E-state index is 5.38. The summed E-state index contributed by atoms with van der Waals surface area (Å²) < 4.78 is 0. The monoisotopic (exact) mass is 208 g/mol. The minimum absolute atomic E-state index is 0.827. The van der Waals surface area contributed by atoms with Gasteiger partial charge >= 0.3 is 0 Å². The molecule has 0 amide bonds. The van der Waals surface area contributed by atoms with Crippen LogP contribution >= 0.6 is 11.6 Å². The predicted molar refractivity (Wildman–Crippen MR) is 65.6 cm³/mol. The van der Waals surface area contributed by atoms with Crippen LogP contribution in [-0.2, 0) is 0 Å². The second kappa shape index (κ2) is 6.67. The lowest BCUT2D eigenvalue weighted by atomic mass is 9.99. The number of benzene rings is 1. The highest BCUT2D eigenvalue weighted by Crippen LogP contribution is 2.21. The van der Waals surface area contributed by atoms with Gasteiger partial charge in [0.2, 0.25) is 0 Å². The van der Waals surface area contributed by atoms with Crippen LogP contribution in [0.1, 0.15) is 37.3 Å². The van der Waals surface area contributed by atoms with Crippen molar-refractivity contribution in [1.29, 1.82) is 0 Å². The van der Waals surface area contributed by atoms with Crippen molar-refractivity contribution in [2.24, 2.45) is 0 Å². The molecule has 0 fully saturated rings. The van der Waals surface area contributed by atoms with E-state index in [1.165, 1.54) is 30.4 Å². The van der Waals surface area contributed by atoms with Gasteiger partial charge in [0.1, 0.15) is 0 Å². The molecule has 0 aromatic heterocycles. The SMILES string of the molecule is C1=Cc2ccccc21.CCCCCCl. The van der Waals surface area contributed by atoms with E-state index in [0.29, 0.717) is 0 Å². The van der Waals surface area contributed by atoms with Gasteiger partial charge in [-0.3, -0.25) is 0 Å². The van der Waals surface area contributed by atoms with Crippen molar-refractivity contribution in [3.8, 4) is 0 Å². The number of alkyl halides is 1. The lowest BCUT2D eigenvalue weighted by molar-refractivity contribution is 0.776. The van der Waals surface area contributed by atoms with E-state index >= 15 is 0 Å². The molecule has 0 heterocycles. The van der Waals surface area contributed by atoms with Gasteiger partial charge in [0.25, 0.3) is 0 Å². The second-order valence-corrected chi connectivity index (χ2v) is 3.74. The van der Waals surface area contributed by atoms with Crippen molar-refractivity contribution >= 4 is 23.8 Å². The van der Waals surface area contributed by atoms with Crippen LogP contribution < -0.4 is 0 Å². The van der Waals surface area contributed by atoms with E-state index in [2.05, 4.69) is 43.3 Å². The summed E-state index contributed by atoms with van der Waals surface area (Å²) in [6.07, 6.45) is 7.97. The molecule has 1 aromatic rings. The summed E-state index contributed by atoms with van der Waals surface area (Å²) in [5.74, 6) is 0.827. The molecule has 0 nitrogen and oxygen atoms in total. The zero-order valence-electron chi connectivity index (χ0n) is 8.67. The maximum Gasteiger partial charge on any atom is 0.0223 e. The number of hydrogen-bond acceptors (Lipinski definition) is 0. The van der Waals surface area contributed by atoms with E-state index in [-0.39, 0.29) is 0 Å². The summed E-state index contributed by atoms with van der Waals surface area (Å²) in [6.45, 7) is 2.17. The van der Waals surface area contributed by atoms with E-state index in [0.717, 1.165) is 5.88 Å². The molecule has 1 aliphatic carbocycles. The Balaban J connectivity index is 0.000000149. The molecule has 0 spiro atoms. The zero-order chi connectivity index (χ0) is 10.2. The fraction of sp³-hybridized carbons (Fsp3) is 0.385. The van der Waals surface area contributed by atoms with Gasteiger partial charge in [-0.05, 0) is 17.5 Å². The molecule has 1 aliphatic rings. The Morgan fingerprint density at radius 3 is 1.79 bits per heavy atom. The third-order valence-electron chi connectivity index (χ3n) is 2.18. The summed E-state index contributed by atoms with van der Waals surface area (Å²) in [4.78, 5) is 0. The van der Waals surface area contributed by atoms with E-state index in [9.17, 15) is 0 Å². The number of rotatable bonds is 3. The van der Waals surface area contributed by atoms with Gasteiger partial charge in [-0.15, -0.1) is 11.6 Å². The molecule has 0 saturated carbocycles. The molecule has 1 aromatic carbocycles. The minimum atomic E-state index is 0.827. The summed E-state index contributed by atoms with van der Waals surface area (Å²) >= 11 is 5.38. The first kappa shape index (κ1) is 11.3. The van der Waals surface area contributed by atoms with Crippen molar-refractivity contribution in [3.63, 3.8) is 0 Å². The highest BCUT2D eigenvalue weighted by atomic mass is 35.5. The highest BCUT2D eigenvalue weighted by molar-refractivity contribution is 6.17. The number of fused-ring (bicyclic) bond motifs is 1. The molecule has 2 rings (SSSR count). The van der Waals surface area contributed by atoms with Gasteiger partial charge in [0.15, 0.2) is 0 Å². The van der Waals surface area contributed by atoms with Gasteiger partial charge in [-0.25, -0.2) is 0 Å². The van der Waals surface area contributed by atoms with E-state index in [1.54, 1.807) is 0 Å². The molecular weight excluding hydrogens is 192 g/mol. The van der Waals surface area contributed by atoms with E-state index in [4.69, 9.17) is 11.6 Å². The van der Waals surface area contributed by atoms with E-state index in [1.807, 2.05) is 0 Å². The third kappa shape index (κ3) is 3.55. The summed E-state index contributed by atoms with van der Waals surface area (Å²) in [7, 11) is 0. The molecule has 76 valence electrons. The quantitative estimate of drug-likeness (QED) is 0.512. The summed E-state index contributed by atoms with van der Waals surface area (Å²) in [5, 5.41) is 0. The molecule has 14 heavy (non-hydrogen) atoms. The normalized spacial score (nSPS) is 11.0. The number of halogens is 1. The van der Waals surface area contributed by atoms with Crippen molar-refractivity contribution in [2.75, 3.05) is 5.88 Å². The Morgan fingerprint density at radius 1 is 1.00 bits per heavy atom. The van der Waals surface area contributed by atoms with Gasteiger partial charge in [-0.1, -0.05) is 56.2 Å². The zero-order valence-corrected chi connectivity index (χ0v) is 9.43. The van der Waals surface area contributed by atoms with Crippen LogP contribution in [0.5, 0.6) is 0 Å². The summed E-state index contributed by atoms with van der Waals surface area (Å²) in [5.41, 5.74) is 2.74. The molecule has 0 aliphatic heterocycles. The third-order valence-corrected chi connectivity index (χ3v) is 2.44. The fourth-order valence-electron chi connectivity index (χ4n) is 1.24. The number of hydrogen-bond donors (Lipinski definition) is 0. The largest absolute Gasteiger partial charge is 0.127 e. The lowest BCUT2D eigenvalue weighted by Gasteiger charge is -2.06. The molecule has 0 atom stereocenters. The van der Waals surface area contributed by atoms with Crippen LogP contribution in [-0.4, -0.2) is 5.88 Å². The van der Waals surface area contributed by atoms with Crippen LogP contribution in [0, 0.1) is 0 Å². The Hall–Kier alpha value is -0.750. The highest BCUT2D eigenvalue weighted by Gasteiger charge is 1.99. The number of unbranched alkanes of at least 4 members (excludes halogenated alkanes) is 2. The molecule has 0 bridgehead atoms. The Kier molecular flexibility index (Phi) is 5.39. The first-order valence-corrected chi connectivity index (χ1v) is 5.75. The minimum Gasteiger partial charge on any atom is -0.127 e. The molecule has 0 unspecified atom stereocenters. The van der Waals surface area contributed by atoms with Gasteiger partial charge < -0.3 is 0 Å². The van der Waals surface area contributed by atoms with Crippen molar-refractivity contribution < 1.29 is 0 Å². The van der Waals surface area contributed by atoms with Crippen molar-refractivity contribution in [2.45, 2.75) is 26.2 Å². The molecular formula is C13H17Cl. The smallest absolute Gasteiger partial charge is 0.0223 e. The van der Waals surface area contributed by atoms with Gasteiger partial charge in [0, 0.05) is 5.88 Å². The Morgan fingerprint density at radius 2 is 1.57 bits per heavy atom.